The lowest BCUT2D eigenvalue weighted by molar-refractivity contribution is 0.0939. The quantitative estimate of drug-likeness (QED) is 0.713. The second-order valence-corrected chi connectivity index (χ2v) is 2.61. The molecule has 0 heterocycles. The number of rotatable bonds is 2. The molecule has 14 heavy (non-hydrogen) atoms. The van der Waals surface area contributed by atoms with Gasteiger partial charge < -0.3 is 11.1 Å². The Balaban J connectivity index is 3.36. The van der Waals surface area contributed by atoms with E-state index in [4.69, 9.17) is 5.73 Å². The molecule has 1 aromatic rings. The highest BCUT2D eigenvalue weighted by Crippen LogP contribution is 2.12. The largest absolute Gasteiger partial charge is 0.366 e. The molecule has 0 bridgehead atoms. The second kappa shape index (κ2) is 3.87. The highest BCUT2D eigenvalue weighted by molar-refractivity contribution is 6.06. The normalized spacial score (nSPS) is 9.57. The van der Waals surface area contributed by atoms with Crippen LogP contribution in [-0.4, -0.2) is 18.9 Å². The first-order valence-corrected chi connectivity index (χ1v) is 3.88. The first-order chi connectivity index (χ1) is 6.57. The molecule has 3 N–H and O–H groups in total. The van der Waals surface area contributed by atoms with Gasteiger partial charge in [-0.15, -0.1) is 0 Å². The molecular weight excluding hydrogens is 187 g/mol. The zero-order valence-corrected chi connectivity index (χ0v) is 7.50. The SMILES string of the molecule is CNC(=O)c1c(F)cccc1C(N)=O. The van der Waals surface area contributed by atoms with Crippen molar-refractivity contribution in [2.24, 2.45) is 5.73 Å². The van der Waals surface area contributed by atoms with Crippen molar-refractivity contribution >= 4 is 11.8 Å². The Hall–Kier alpha value is -1.91. The average molecular weight is 196 g/mol. The minimum Gasteiger partial charge on any atom is -0.366 e. The maximum absolute atomic E-state index is 13.2. The molecule has 0 fully saturated rings. The third kappa shape index (κ3) is 1.71. The minimum absolute atomic E-state index is 0.121. The Morgan fingerprint density at radius 2 is 2.07 bits per heavy atom. The molecule has 0 spiro atoms. The van der Waals surface area contributed by atoms with Gasteiger partial charge in [0.15, 0.2) is 0 Å². The monoisotopic (exact) mass is 196 g/mol. The molecular formula is C9H9FN2O2. The summed E-state index contributed by atoms with van der Waals surface area (Å²) in [7, 11) is 1.35. The Bertz CT molecular complexity index is 390. The molecule has 0 unspecified atom stereocenters. The lowest BCUT2D eigenvalue weighted by Crippen LogP contribution is -2.24. The van der Waals surface area contributed by atoms with E-state index >= 15 is 0 Å². The van der Waals surface area contributed by atoms with E-state index in [0.29, 0.717) is 0 Å². The van der Waals surface area contributed by atoms with Crippen LogP contribution in [0, 0.1) is 5.82 Å². The van der Waals surface area contributed by atoms with Gasteiger partial charge in [-0.25, -0.2) is 4.39 Å². The van der Waals surface area contributed by atoms with E-state index in [1.807, 2.05) is 0 Å². The van der Waals surface area contributed by atoms with Crippen LogP contribution in [0.2, 0.25) is 0 Å². The summed E-state index contributed by atoms with van der Waals surface area (Å²) < 4.78 is 13.2. The van der Waals surface area contributed by atoms with Gasteiger partial charge in [0.25, 0.3) is 5.91 Å². The summed E-state index contributed by atoms with van der Waals surface area (Å²) >= 11 is 0. The average Bonchev–Trinajstić information content (AvgIpc) is 2.16. The lowest BCUT2D eigenvalue weighted by Gasteiger charge is -2.05. The first kappa shape index (κ1) is 10.2. The van der Waals surface area contributed by atoms with E-state index in [-0.39, 0.29) is 11.1 Å². The number of carbonyl (C=O) groups excluding carboxylic acids is 2. The summed E-state index contributed by atoms with van der Waals surface area (Å²) in [5.74, 6) is -2.26. The van der Waals surface area contributed by atoms with Crippen molar-refractivity contribution in [3.63, 3.8) is 0 Å². The zero-order chi connectivity index (χ0) is 10.7. The van der Waals surface area contributed by atoms with Crippen molar-refractivity contribution in [2.45, 2.75) is 0 Å². The van der Waals surface area contributed by atoms with E-state index in [0.717, 1.165) is 6.07 Å². The van der Waals surface area contributed by atoms with E-state index < -0.39 is 17.6 Å². The number of hydrogen-bond donors (Lipinski definition) is 2. The summed E-state index contributed by atoms with van der Waals surface area (Å²) in [6.45, 7) is 0. The maximum atomic E-state index is 13.2. The van der Waals surface area contributed by atoms with Crippen LogP contribution in [0.4, 0.5) is 4.39 Å². The number of halogens is 1. The Morgan fingerprint density at radius 3 is 2.57 bits per heavy atom. The van der Waals surface area contributed by atoms with Gasteiger partial charge in [0.2, 0.25) is 5.91 Å². The molecule has 4 nitrogen and oxygen atoms in total. The van der Waals surface area contributed by atoms with Crippen LogP contribution >= 0.6 is 0 Å². The predicted octanol–water partition coefficient (Wildman–Crippen LogP) is 0.284. The Labute approximate surface area is 79.9 Å². The number of hydrogen-bond acceptors (Lipinski definition) is 2. The van der Waals surface area contributed by atoms with E-state index in [1.165, 1.54) is 19.2 Å². The number of amides is 2. The van der Waals surface area contributed by atoms with Crippen molar-refractivity contribution in [3.05, 3.63) is 35.1 Å². The van der Waals surface area contributed by atoms with Crippen LogP contribution in [0.15, 0.2) is 18.2 Å². The molecule has 0 aliphatic heterocycles. The number of benzene rings is 1. The molecule has 74 valence electrons. The second-order valence-electron chi connectivity index (χ2n) is 2.61. The predicted molar refractivity (Wildman–Crippen MR) is 48.3 cm³/mol. The van der Waals surface area contributed by atoms with E-state index in [2.05, 4.69) is 5.32 Å². The fourth-order valence-corrected chi connectivity index (χ4v) is 1.09. The molecule has 1 aromatic carbocycles. The lowest BCUT2D eigenvalue weighted by atomic mass is 10.1. The van der Waals surface area contributed by atoms with Gasteiger partial charge in [-0.2, -0.15) is 0 Å². The molecule has 5 heteroatoms. The standard InChI is InChI=1S/C9H9FN2O2/c1-12-9(14)7-5(8(11)13)3-2-4-6(7)10/h2-4H,1H3,(H2,11,13)(H,12,14). The summed E-state index contributed by atoms with van der Waals surface area (Å²) in [6, 6.07) is 3.72. The minimum atomic E-state index is -0.830. The maximum Gasteiger partial charge on any atom is 0.254 e. The molecule has 0 aliphatic rings. The fourth-order valence-electron chi connectivity index (χ4n) is 1.09. The summed E-state index contributed by atoms with van der Waals surface area (Å²) in [5.41, 5.74) is 4.55. The topological polar surface area (TPSA) is 72.2 Å². The van der Waals surface area contributed by atoms with Crippen molar-refractivity contribution < 1.29 is 14.0 Å². The highest BCUT2D eigenvalue weighted by Gasteiger charge is 2.18. The fraction of sp³-hybridized carbons (Fsp3) is 0.111. The van der Waals surface area contributed by atoms with Gasteiger partial charge in [-0.1, -0.05) is 6.07 Å². The zero-order valence-electron chi connectivity index (χ0n) is 7.50. The molecule has 0 aliphatic carbocycles. The van der Waals surface area contributed by atoms with Crippen LogP contribution in [-0.2, 0) is 0 Å². The van der Waals surface area contributed by atoms with Crippen LogP contribution in [0.1, 0.15) is 20.7 Å². The molecule has 0 atom stereocenters. The van der Waals surface area contributed by atoms with Crippen molar-refractivity contribution in [2.75, 3.05) is 7.05 Å². The van der Waals surface area contributed by atoms with E-state index in [9.17, 15) is 14.0 Å². The van der Waals surface area contributed by atoms with Crippen LogP contribution in [0.25, 0.3) is 0 Å². The van der Waals surface area contributed by atoms with Gasteiger partial charge in [-0.05, 0) is 12.1 Å². The van der Waals surface area contributed by atoms with Crippen molar-refractivity contribution in [3.8, 4) is 0 Å². The van der Waals surface area contributed by atoms with E-state index in [1.54, 1.807) is 0 Å². The third-order valence-corrected chi connectivity index (χ3v) is 1.73. The van der Waals surface area contributed by atoms with Gasteiger partial charge in [0.05, 0.1) is 11.1 Å². The molecule has 0 radical (unpaired) electrons. The van der Waals surface area contributed by atoms with Gasteiger partial charge in [-0.3, -0.25) is 9.59 Å². The molecule has 2 amide bonds. The molecule has 0 saturated heterocycles. The van der Waals surface area contributed by atoms with Crippen molar-refractivity contribution in [1.29, 1.82) is 0 Å². The molecule has 0 saturated carbocycles. The summed E-state index contributed by atoms with van der Waals surface area (Å²) in [4.78, 5) is 22.1. The number of primary amides is 1. The number of carbonyl (C=O) groups is 2. The summed E-state index contributed by atoms with van der Waals surface area (Å²) in [6.07, 6.45) is 0. The number of nitrogens with two attached hydrogens (primary N) is 1. The number of nitrogens with one attached hydrogen (secondary N) is 1. The smallest absolute Gasteiger partial charge is 0.254 e. The van der Waals surface area contributed by atoms with Crippen molar-refractivity contribution in [1.82, 2.24) is 5.32 Å². The van der Waals surface area contributed by atoms with Gasteiger partial charge >= 0.3 is 0 Å². The van der Waals surface area contributed by atoms with Crippen LogP contribution < -0.4 is 11.1 Å². The molecule has 1 rings (SSSR count). The highest BCUT2D eigenvalue weighted by atomic mass is 19.1. The first-order valence-electron chi connectivity index (χ1n) is 3.88. The van der Waals surface area contributed by atoms with Crippen LogP contribution in [0.5, 0.6) is 0 Å². The summed E-state index contributed by atoms with van der Waals surface area (Å²) in [5, 5.41) is 2.23. The Kier molecular flexibility index (Phi) is 2.81. The third-order valence-electron chi connectivity index (χ3n) is 1.73. The molecule has 0 aromatic heterocycles. The Morgan fingerprint density at radius 1 is 1.43 bits per heavy atom. The van der Waals surface area contributed by atoms with Gasteiger partial charge in [0, 0.05) is 7.05 Å². The van der Waals surface area contributed by atoms with Crippen LogP contribution in [0.3, 0.4) is 0 Å². The van der Waals surface area contributed by atoms with Gasteiger partial charge in [0.1, 0.15) is 5.82 Å².